The maximum atomic E-state index is 12.1. The normalized spacial score (nSPS) is 15.1. The van der Waals surface area contributed by atoms with Crippen molar-refractivity contribution in [1.29, 1.82) is 0 Å². The molecule has 1 amide bonds. The van der Waals surface area contributed by atoms with Crippen LogP contribution in [0.1, 0.15) is 37.8 Å². The van der Waals surface area contributed by atoms with E-state index in [1.54, 1.807) is 19.1 Å². The molecule has 1 aliphatic carbocycles. The Labute approximate surface area is 146 Å². The average Bonchev–Trinajstić information content (AvgIpc) is 2.60. The predicted octanol–water partition coefficient (Wildman–Crippen LogP) is 3.03. The van der Waals surface area contributed by atoms with Crippen molar-refractivity contribution in [3.8, 4) is 11.4 Å². The van der Waals surface area contributed by atoms with Gasteiger partial charge in [0.25, 0.3) is 5.56 Å². The van der Waals surface area contributed by atoms with E-state index in [1.807, 2.05) is 12.1 Å². The van der Waals surface area contributed by atoms with Crippen molar-refractivity contribution in [2.75, 3.05) is 11.9 Å². The Morgan fingerprint density at radius 1 is 1.28 bits per heavy atom. The Balaban J connectivity index is 1.63. The number of aromatic nitrogens is 2. The van der Waals surface area contributed by atoms with Crippen LogP contribution in [0.4, 0.5) is 5.69 Å². The summed E-state index contributed by atoms with van der Waals surface area (Å²) >= 11 is 0. The number of nitrogens with one attached hydrogen (secondary N) is 2. The highest BCUT2D eigenvalue weighted by atomic mass is 16.5. The number of aryl methyl sites for hydroxylation is 1. The van der Waals surface area contributed by atoms with Crippen molar-refractivity contribution in [2.45, 2.75) is 45.1 Å². The lowest BCUT2D eigenvalue weighted by Crippen LogP contribution is -2.24. The van der Waals surface area contributed by atoms with Crippen LogP contribution in [0.3, 0.4) is 0 Å². The highest BCUT2D eigenvalue weighted by molar-refractivity contribution is 5.92. The van der Waals surface area contributed by atoms with Gasteiger partial charge >= 0.3 is 0 Å². The number of hydrogen-bond donors (Lipinski definition) is 2. The second-order valence-electron chi connectivity index (χ2n) is 6.44. The van der Waals surface area contributed by atoms with Gasteiger partial charge in [0.2, 0.25) is 5.91 Å². The van der Waals surface area contributed by atoms with Gasteiger partial charge in [0.15, 0.2) is 0 Å². The zero-order valence-electron chi connectivity index (χ0n) is 14.4. The van der Waals surface area contributed by atoms with Crippen LogP contribution < -0.4 is 10.9 Å². The number of carbonyl (C=O) groups is 1. The quantitative estimate of drug-likeness (QED) is 0.875. The highest BCUT2D eigenvalue weighted by Crippen LogP contribution is 2.21. The third-order valence-corrected chi connectivity index (χ3v) is 4.29. The van der Waals surface area contributed by atoms with E-state index >= 15 is 0 Å². The molecule has 0 atom stereocenters. The lowest BCUT2D eigenvalue weighted by Gasteiger charge is -2.21. The van der Waals surface area contributed by atoms with Crippen molar-refractivity contribution in [3.63, 3.8) is 0 Å². The van der Waals surface area contributed by atoms with E-state index in [0.717, 1.165) is 18.4 Å². The van der Waals surface area contributed by atoms with E-state index in [9.17, 15) is 9.59 Å². The highest BCUT2D eigenvalue weighted by Gasteiger charge is 2.15. The van der Waals surface area contributed by atoms with E-state index in [0.29, 0.717) is 17.2 Å². The van der Waals surface area contributed by atoms with E-state index in [1.165, 1.54) is 25.3 Å². The minimum absolute atomic E-state index is 0.0639. The molecule has 2 N–H and O–H groups in total. The number of benzene rings is 1. The number of aromatic amines is 1. The molecular weight excluding hydrogens is 318 g/mol. The SMILES string of the molecule is Cc1cc(=O)[nH]c(-c2cccc(NC(=O)COC3CCCCC3)c2)n1. The molecule has 25 heavy (non-hydrogen) atoms. The van der Waals surface area contributed by atoms with Gasteiger partial charge in [-0.2, -0.15) is 0 Å². The van der Waals surface area contributed by atoms with Gasteiger partial charge in [0.05, 0.1) is 6.10 Å². The van der Waals surface area contributed by atoms with Gasteiger partial charge in [-0.3, -0.25) is 9.59 Å². The Hall–Kier alpha value is -2.47. The summed E-state index contributed by atoms with van der Waals surface area (Å²) in [6.07, 6.45) is 5.89. The molecule has 2 aromatic rings. The van der Waals surface area contributed by atoms with E-state index in [4.69, 9.17) is 4.74 Å². The first-order valence-electron chi connectivity index (χ1n) is 8.70. The van der Waals surface area contributed by atoms with Gasteiger partial charge in [-0.25, -0.2) is 4.98 Å². The molecule has 1 aromatic heterocycles. The first kappa shape index (κ1) is 17.4. The van der Waals surface area contributed by atoms with Gasteiger partial charge in [-0.1, -0.05) is 31.4 Å². The fourth-order valence-corrected chi connectivity index (χ4v) is 3.08. The van der Waals surface area contributed by atoms with Crippen molar-refractivity contribution < 1.29 is 9.53 Å². The summed E-state index contributed by atoms with van der Waals surface area (Å²) in [6, 6.07) is 8.69. The van der Waals surface area contributed by atoms with E-state index < -0.39 is 0 Å². The third-order valence-electron chi connectivity index (χ3n) is 4.29. The van der Waals surface area contributed by atoms with Crippen LogP contribution in [0, 0.1) is 6.92 Å². The molecule has 0 bridgehead atoms. The predicted molar refractivity (Wildman–Crippen MR) is 96.5 cm³/mol. The second kappa shape index (κ2) is 8.07. The molecule has 132 valence electrons. The van der Waals surface area contributed by atoms with Crippen LogP contribution in [-0.4, -0.2) is 28.6 Å². The van der Waals surface area contributed by atoms with Crippen LogP contribution in [0.2, 0.25) is 0 Å². The van der Waals surface area contributed by atoms with Crippen LogP contribution in [0.5, 0.6) is 0 Å². The number of ether oxygens (including phenoxy) is 1. The molecule has 1 heterocycles. The Morgan fingerprint density at radius 2 is 2.08 bits per heavy atom. The van der Waals surface area contributed by atoms with Gasteiger partial charge in [-0.15, -0.1) is 0 Å². The molecule has 3 rings (SSSR count). The fraction of sp³-hybridized carbons (Fsp3) is 0.421. The summed E-state index contributed by atoms with van der Waals surface area (Å²) in [6.45, 7) is 1.83. The van der Waals surface area contributed by atoms with Crippen LogP contribution in [-0.2, 0) is 9.53 Å². The maximum absolute atomic E-state index is 12.1. The summed E-state index contributed by atoms with van der Waals surface area (Å²) in [5, 5.41) is 2.84. The molecule has 0 saturated heterocycles. The Bertz CT molecular complexity index is 794. The molecular formula is C19H23N3O3. The molecule has 0 spiro atoms. The molecule has 6 nitrogen and oxygen atoms in total. The molecule has 0 aliphatic heterocycles. The average molecular weight is 341 g/mol. The number of H-pyrrole nitrogens is 1. The summed E-state index contributed by atoms with van der Waals surface area (Å²) < 4.78 is 5.69. The molecule has 1 aliphatic rings. The topological polar surface area (TPSA) is 84.1 Å². The number of nitrogens with zero attached hydrogens (tertiary/aromatic N) is 1. The monoisotopic (exact) mass is 341 g/mol. The maximum Gasteiger partial charge on any atom is 0.251 e. The molecule has 1 saturated carbocycles. The van der Waals surface area contributed by atoms with Crippen molar-refractivity contribution in [2.24, 2.45) is 0 Å². The summed E-state index contributed by atoms with van der Waals surface area (Å²) in [7, 11) is 0. The van der Waals surface area contributed by atoms with Gasteiger partial charge in [-0.05, 0) is 31.9 Å². The minimum Gasteiger partial charge on any atom is -0.368 e. The largest absolute Gasteiger partial charge is 0.368 e. The number of carbonyl (C=O) groups excluding carboxylic acids is 1. The lowest BCUT2D eigenvalue weighted by molar-refractivity contribution is -0.123. The molecule has 0 radical (unpaired) electrons. The molecule has 0 unspecified atom stereocenters. The zero-order chi connectivity index (χ0) is 17.6. The summed E-state index contributed by atoms with van der Waals surface area (Å²) in [4.78, 5) is 30.7. The van der Waals surface area contributed by atoms with E-state index in [-0.39, 0.29) is 24.2 Å². The van der Waals surface area contributed by atoms with E-state index in [2.05, 4.69) is 15.3 Å². The Kier molecular flexibility index (Phi) is 5.60. The van der Waals surface area contributed by atoms with Crippen molar-refractivity contribution >= 4 is 11.6 Å². The van der Waals surface area contributed by atoms with Crippen LogP contribution in [0.25, 0.3) is 11.4 Å². The second-order valence-corrected chi connectivity index (χ2v) is 6.44. The number of amides is 1. The van der Waals surface area contributed by atoms with Gasteiger partial charge < -0.3 is 15.0 Å². The summed E-state index contributed by atoms with van der Waals surface area (Å²) in [5.41, 5.74) is 1.84. The zero-order valence-corrected chi connectivity index (χ0v) is 14.4. The standard InChI is InChI=1S/C19H23N3O3/c1-13-10-17(23)22-19(20-13)14-6-5-7-15(11-14)21-18(24)12-25-16-8-3-2-4-9-16/h5-7,10-11,16H,2-4,8-9,12H2,1H3,(H,21,24)(H,20,22,23). The number of hydrogen-bond acceptors (Lipinski definition) is 4. The van der Waals surface area contributed by atoms with Gasteiger partial charge in [0.1, 0.15) is 12.4 Å². The lowest BCUT2D eigenvalue weighted by atomic mass is 9.98. The number of anilines is 1. The fourth-order valence-electron chi connectivity index (χ4n) is 3.08. The summed E-state index contributed by atoms with van der Waals surface area (Å²) in [5.74, 6) is 0.313. The number of rotatable bonds is 5. The van der Waals surface area contributed by atoms with Crippen molar-refractivity contribution in [1.82, 2.24) is 9.97 Å². The first-order valence-corrected chi connectivity index (χ1v) is 8.70. The molecule has 1 fully saturated rings. The van der Waals surface area contributed by atoms with Gasteiger partial charge in [0, 0.05) is 23.0 Å². The Morgan fingerprint density at radius 3 is 2.84 bits per heavy atom. The minimum atomic E-state index is -0.196. The van der Waals surface area contributed by atoms with Crippen molar-refractivity contribution in [3.05, 3.63) is 46.4 Å². The smallest absolute Gasteiger partial charge is 0.251 e. The third kappa shape index (κ3) is 5.00. The molecule has 6 heteroatoms. The first-order chi connectivity index (χ1) is 12.1. The van der Waals surface area contributed by atoms with Crippen LogP contribution in [0.15, 0.2) is 35.1 Å². The van der Waals surface area contributed by atoms with Crippen LogP contribution >= 0.6 is 0 Å². The molecule has 1 aromatic carbocycles.